The fourth-order valence-electron chi connectivity index (χ4n) is 3.35. The van der Waals surface area contributed by atoms with Gasteiger partial charge in [-0.3, -0.25) is 9.36 Å². The Morgan fingerprint density at radius 1 is 0.939 bits per heavy atom. The minimum absolute atomic E-state index is 0.0721. The first kappa shape index (κ1) is 22.6. The Bertz CT molecular complexity index is 1190. The molecule has 4 rings (SSSR count). The van der Waals surface area contributed by atoms with Gasteiger partial charge in [-0.1, -0.05) is 71.9 Å². The second kappa shape index (κ2) is 10.8. The third-order valence-corrected chi connectivity index (χ3v) is 6.17. The van der Waals surface area contributed by atoms with E-state index in [0.29, 0.717) is 12.4 Å². The molecule has 0 aliphatic carbocycles. The van der Waals surface area contributed by atoms with E-state index in [4.69, 9.17) is 4.74 Å². The fourth-order valence-corrected chi connectivity index (χ4v) is 4.28. The topological polar surface area (TPSA) is 69.0 Å². The van der Waals surface area contributed by atoms with Crippen LogP contribution in [0.25, 0.3) is 5.69 Å². The van der Waals surface area contributed by atoms with Crippen LogP contribution in [0.15, 0.2) is 84.0 Å². The molecule has 0 aliphatic rings. The number of nitrogens with one attached hydrogen (secondary N) is 1. The third-order valence-electron chi connectivity index (χ3n) is 5.17. The largest absolute Gasteiger partial charge is 0.497 e. The van der Waals surface area contributed by atoms with Gasteiger partial charge in [0, 0.05) is 11.4 Å². The van der Waals surface area contributed by atoms with Crippen molar-refractivity contribution in [1.82, 2.24) is 20.1 Å². The summed E-state index contributed by atoms with van der Waals surface area (Å²) in [7, 11) is 1.62. The predicted octanol–water partition coefficient (Wildman–Crippen LogP) is 4.74. The highest BCUT2D eigenvalue weighted by atomic mass is 32.2. The van der Waals surface area contributed by atoms with Crippen LogP contribution >= 0.6 is 11.8 Å². The van der Waals surface area contributed by atoms with Gasteiger partial charge in [0.15, 0.2) is 11.0 Å². The zero-order valence-electron chi connectivity index (χ0n) is 18.7. The van der Waals surface area contributed by atoms with Crippen LogP contribution in [0.1, 0.15) is 22.5 Å². The van der Waals surface area contributed by atoms with Gasteiger partial charge in [-0.2, -0.15) is 0 Å². The van der Waals surface area contributed by atoms with Crippen molar-refractivity contribution in [1.29, 1.82) is 0 Å². The summed E-state index contributed by atoms with van der Waals surface area (Å²) < 4.78 is 7.19. The second-order valence-electron chi connectivity index (χ2n) is 7.65. The van der Waals surface area contributed by atoms with Crippen LogP contribution in [0.3, 0.4) is 0 Å². The van der Waals surface area contributed by atoms with Gasteiger partial charge in [-0.05, 0) is 42.3 Å². The van der Waals surface area contributed by atoms with Crippen molar-refractivity contribution in [3.63, 3.8) is 0 Å². The van der Waals surface area contributed by atoms with E-state index in [1.807, 2.05) is 59.2 Å². The molecule has 0 fully saturated rings. The Kier molecular flexibility index (Phi) is 7.42. The number of hydrogen-bond donors (Lipinski definition) is 1. The molecule has 1 heterocycles. The molecule has 1 amide bonds. The summed E-state index contributed by atoms with van der Waals surface area (Å²) in [5, 5.41) is 12.6. The summed E-state index contributed by atoms with van der Waals surface area (Å²) in [6.07, 6.45) is 0.290. The van der Waals surface area contributed by atoms with Gasteiger partial charge < -0.3 is 10.1 Å². The number of aryl methyl sites for hydroxylation is 1. The lowest BCUT2D eigenvalue weighted by Crippen LogP contribution is -2.26. The molecule has 0 aliphatic heterocycles. The molecule has 0 atom stereocenters. The van der Waals surface area contributed by atoms with Gasteiger partial charge in [-0.15, -0.1) is 10.2 Å². The van der Waals surface area contributed by atoms with Crippen LogP contribution in [0.5, 0.6) is 5.75 Å². The average Bonchev–Trinajstić information content (AvgIpc) is 3.26. The highest BCUT2D eigenvalue weighted by Gasteiger charge is 2.16. The molecule has 168 valence electrons. The van der Waals surface area contributed by atoms with Gasteiger partial charge in [0.2, 0.25) is 5.91 Å². The van der Waals surface area contributed by atoms with Crippen molar-refractivity contribution in [2.45, 2.75) is 30.8 Å². The van der Waals surface area contributed by atoms with Crippen LogP contribution < -0.4 is 10.1 Å². The quantitative estimate of drug-likeness (QED) is 0.367. The molecule has 7 heteroatoms. The number of nitrogens with zero attached hydrogens (tertiary/aromatic N) is 3. The zero-order valence-corrected chi connectivity index (χ0v) is 19.5. The van der Waals surface area contributed by atoms with E-state index >= 15 is 0 Å². The van der Waals surface area contributed by atoms with Crippen LogP contribution in [-0.4, -0.2) is 27.8 Å². The maximum atomic E-state index is 12.5. The Morgan fingerprint density at radius 3 is 2.36 bits per heavy atom. The highest BCUT2D eigenvalue weighted by Crippen LogP contribution is 2.25. The lowest BCUT2D eigenvalue weighted by atomic mass is 10.1. The van der Waals surface area contributed by atoms with Gasteiger partial charge >= 0.3 is 0 Å². The van der Waals surface area contributed by atoms with E-state index in [2.05, 4.69) is 46.7 Å². The molecule has 1 N–H and O–H groups in total. The average molecular weight is 459 g/mol. The van der Waals surface area contributed by atoms with Crippen LogP contribution in [0.4, 0.5) is 0 Å². The zero-order chi connectivity index (χ0) is 23.0. The summed E-state index contributed by atoms with van der Waals surface area (Å²) >= 11 is 1.63. The number of thioether (sulfide) groups is 1. The van der Waals surface area contributed by atoms with Crippen LogP contribution in [0, 0.1) is 6.92 Å². The standard InChI is InChI=1S/C26H26N4O2S/c1-19-8-12-22(13-9-19)30-24(28-29-26(30)33-18-21-6-4-3-5-7-21)17-27-25(31)16-20-10-14-23(32-2)15-11-20/h3-15H,16-18H2,1-2H3,(H,27,31). The molecule has 0 radical (unpaired) electrons. The van der Waals surface area contributed by atoms with E-state index in [-0.39, 0.29) is 12.3 Å². The minimum atomic E-state index is -0.0721. The number of amides is 1. The SMILES string of the molecule is COc1ccc(CC(=O)NCc2nnc(SCc3ccccc3)n2-c2ccc(C)cc2)cc1. The van der Waals surface area contributed by atoms with Gasteiger partial charge in [0.1, 0.15) is 5.75 Å². The molecule has 0 saturated heterocycles. The second-order valence-corrected chi connectivity index (χ2v) is 8.59. The monoisotopic (exact) mass is 458 g/mol. The number of carbonyl (C=O) groups excluding carboxylic acids is 1. The number of ether oxygens (including phenoxy) is 1. The van der Waals surface area contributed by atoms with Gasteiger partial charge in [0.05, 0.1) is 20.1 Å². The van der Waals surface area contributed by atoms with E-state index in [0.717, 1.165) is 27.9 Å². The van der Waals surface area contributed by atoms with Crippen molar-refractivity contribution in [2.24, 2.45) is 0 Å². The molecule has 33 heavy (non-hydrogen) atoms. The van der Waals surface area contributed by atoms with Crippen molar-refractivity contribution in [2.75, 3.05) is 7.11 Å². The summed E-state index contributed by atoms with van der Waals surface area (Å²) in [5.41, 5.74) is 4.29. The van der Waals surface area contributed by atoms with E-state index in [1.54, 1.807) is 18.9 Å². The van der Waals surface area contributed by atoms with Crippen molar-refractivity contribution < 1.29 is 9.53 Å². The summed E-state index contributed by atoms with van der Waals surface area (Å²) in [6, 6.07) is 26.0. The molecule has 0 bridgehead atoms. The first-order valence-corrected chi connectivity index (χ1v) is 11.7. The van der Waals surface area contributed by atoms with Crippen molar-refractivity contribution >= 4 is 17.7 Å². The van der Waals surface area contributed by atoms with E-state index in [9.17, 15) is 4.79 Å². The Hall–Kier alpha value is -3.58. The maximum absolute atomic E-state index is 12.5. The number of aromatic nitrogens is 3. The Balaban J connectivity index is 1.48. The number of methoxy groups -OCH3 is 1. The summed E-state index contributed by atoms with van der Waals surface area (Å²) in [5.74, 6) is 2.18. The first-order chi connectivity index (χ1) is 16.1. The molecule has 6 nitrogen and oxygen atoms in total. The summed E-state index contributed by atoms with van der Waals surface area (Å²) in [6.45, 7) is 2.35. The molecule has 4 aromatic rings. The minimum Gasteiger partial charge on any atom is -0.497 e. The van der Waals surface area contributed by atoms with Crippen LogP contribution in [0.2, 0.25) is 0 Å². The third kappa shape index (κ3) is 6.02. The number of hydrogen-bond acceptors (Lipinski definition) is 5. The molecular weight excluding hydrogens is 432 g/mol. The van der Waals surface area contributed by atoms with Gasteiger partial charge in [0.25, 0.3) is 0 Å². The molecule has 3 aromatic carbocycles. The number of benzene rings is 3. The maximum Gasteiger partial charge on any atom is 0.224 e. The summed E-state index contributed by atoms with van der Waals surface area (Å²) in [4.78, 5) is 12.5. The van der Waals surface area contributed by atoms with Crippen molar-refractivity contribution in [3.05, 3.63) is 101 Å². The smallest absolute Gasteiger partial charge is 0.224 e. The predicted molar refractivity (Wildman–Crippen MR) is 131 cm³/mol. The van der Waals surface area contributed by atoms with E-state index in [1.165, 1.54) is 11.1 Å². The lowest BCUT2D eigenvalue weighted by molar-refractivity contribution is -0.120. The lowest BCUT2D eigenvalue weighted by Gasteiger charge is -2.11. The van der Waals surface area contributed by atoms with Gasteiger partial charge in [-0.25, -0.2) is 0 Å². The Morgan fingerprint density at radius 2 is 1.67 bits per heavy atom. The fraction of sp³-hybridized carbons (Fsp3) is 0.192. The van der Waals surface area contributed by atoms with Crippen LogP contribution in [-0.2, 0) is 23.5 Å². The molecule has 1 aromatic heterocycles. The first-order valence-electron chi connectivity index (χ1n) is 10.7. The number of carbonyl (C=O) groups is 1. The molecular formula is C26H26N4O2S. The molecule has 0 saturated carbocycles. The molecule has 0 spiro atoms. The van der Waals surface area contributed by atoms with E-state index < -0.39 is 0 Å². The highest BCUT2D eigenvalue weighted by molar-refractivity contribution is 7.98. The Labute approximate surface area is 198 Å². The molecule has 0 unspecified atom stereocenters. The number of rotatable bonds is 9. The normalized spacial score (nSPS) is 10.7. The van der Waals surface area contributed by atoms with Crippen molar-refractivity contribution in [3.8, 4) is 11.4 Å².